The summed E-state index contributed by atoms with van der Waals surface area (Å²) < 4.78 is 4.70. The van der Waals surface area contributed by atoms with E-state index in [1.165, 1.54) is 32.7 Å². The molecule has 0 fully saturated rings. The summed E-state index contributed by atoms with van der Waals surface area (Å²) in [5.74, 6) is 0. The van der Waals surface area contributed by atoms with E-state index in [0.29, 0.717) is 5.56 Å². The molecule has 0 spiro atoms. The van der Waals surface area contributed by atoms with Gasteiger partial charge in [-0.3, -0.25) is 4.98 Å². The van der Waals surface area contributed by atoms with Gasteiger partial charge in [0.25, 0.3) is 0 Å². The lowest BCUT2D eigenvalue weighted by molar-refractivity contribution is 1.09. The van der Waals surface area contributed by atoms with Crippen molar-refractivity contribution in [1.29, 1.82) is 5.26 Å². The molecule has 0 radical (unpaired) electrons. The largest absolute Gasteiger partial charge is 0.307 e. The molecular weight excluding hydrogens is 512 g/mol. The zero-order chi connectivity index (χ0) is 28.4. The van der Waals surface area contributed by atoms with Crippen molar-refractivity contribution in [2.75, 3.05) is 0 Å². The van der Waals surface area contributed by atoms with Crippen LogP contribution in [0, 0.1) is 25.2 Å². The van der Waals surface area contributed by atoms with Crippen LogP contribution in [-0.4, -0.2) is 14.1 Å². The highest BCUT2D eigenvalue weighted by molar-refractivity contribution is 6.13. The van der Waals surface area contributed by atoms with Gasteiger partial charge in [0.1, 0.15) is 0 Å². The Hall–Kier alpha value is -5.66. The second-order valence-corrected chi connectivity index (χ2v) is 10.9. The molecule has 4 nitrogen and oxygen atoms in total. The second kappa shape index (κ2) is 9.19. The number of para-hydroxylation sites is 2. The van der Waals surface area contributed by atoms with Gasteiger partial charge in [0, 0.05) is 27.1 Å². The van der Waals surface area contributed by atoms with Gasteiger partial charge in [-0.15, -0.1) is 0 Å². The summed E-state index contributed by atoms with van der Waals surface area (Å²) in [5.41, 5.74) is 11.7. The highest BCUT2D eigenvalue weighted by Gasteiger charge is 2.22. The van der Waals surface area contributed by atoms with E-state index in [1.807, 2.05) is 24.5 Å². The highest BCUT2D eigenvalue weighted by Crippen LogP contribution is 2.42. The van der Waals surface area contributed by atoms with Crippen molar-refractivity contribution >= 4 is 43.6 Å². The molecule has 0 atom stereocenters. The second-order valence-electron chi connectivity index (χ2n) is 10.9. The minimum atomic E-state index is 0.635. The maximum Gasteiger partial charge on any atom is 0.0991 e. The maximum atomic E-state index is 9.57. The lowest BCUT2D eigenvalue weighted by Crippen LogP contribution is -2.05. The first-order valence-electron chi connectivity index (χ1n) is 14.1. The van der Waals surface area contributed by atoms with Crippen LogP contribution in [0.1, 0.15) is 16.7 Å². The molecule has 0 saturated heterocycles. The van der Waals surface area contributed by atoms with Gasteiger partial charge < -0.3 is 9.13 Å². The van der Waals surface area contributed by atoms with Crippen molar-refractivity contribution in [3.05, 3.63) is 138 Å². The fourth-order valence-corrected chi connectivity index (χ4v) is 6.70. The standard InChI is InChI=1S/C38H26N4/c1-24-9-7-15-32-36(24)28-11-3-5-13-30(28)41(32)34-22-40-23-35(38(34)27-19-17-26(21-39)18-20-27)42-31-14-6-4-12-29(31)37-25(2)10-8-16-33(37)42/h3-20,22-23H,1-2H3. The number of aromatic nitrogens is 3. The van der Waals surface area contributed by atoms with Crippen LogP contribution >= 0.6 is 0 Å². The molecule has 0 amide bonds. The number of nitrogens with zero attached hydrogens (tertiary/aromatic N) is 4. The Morgan fingerprint density at radius 2 is 1.02 bits per heavy atom. The molecule has 0 bridgehead atoms. The molecule has 0 saturated carbocycles. The third-order valence-corrected chi connectivity index (χ3v) is 8.50. The van der Waals surface area contributed by atoms with Gasteiger partial charge in [-0.25, -0.2) is 0 Å². The number of rotatable bonds is 3. The third-order valence-electron chi connectivity index (χ3n) is 8.50. The average Bonchev–Trinajstić information content (AvgIpc) is 3.55. The van der Waals surface area contributed by atoms with Gasteiger partial charge in [-0.1, -0.05) is 72.8 Å². The molecule has 0 aliphatic carbocycles. The van der Waals surface area contributed by atoms with Crippen molar-refractivity contribution in [2.45, 2.75) is 13.8 Å². The van der Waals surface area contributed by atoms with Gasteiger partial charge in [0.2, 0.25) is 0 Å². The van der Waals surface area contributed by atoms with E-state index in [1.54, 1.807) is 0 Å². The van der Waals surface area contributed by atoms with Gasteiger partial charge in [0.15, 0.2) is 0 Å². The number of pyridine rings is 1. The molecule has 8 aromatic rings. The first-order chi connectivity index (χ1) is 20.7. The molecule has 0 unspecified atom stereocenters. The highest BCUT2D eigenvalue weighted by atomic mass is 15.0. The number of fused-ring (bicyclic) bond motifs is 6. The number of nitriles is 1. The van der Waals surface area contributed by atoms with Crippen LogP contribution in [0.25, 0.3) is 66.1 Å². The van der Waals surface area contributed by atoms with E-state index in [-0.39, 0.29) is 0 Å². The Bertz CT molecular complexity index is 2240. The quantitative estimate of drug-likeness (QED) is 0.225. The van der Waals surface area contributed by atoms with Crippen molar-refractivity contribution in [1.82, 2.24) is 14.1 Å². The predicted octanol–water partition coefficient (Wildman–Crippen LogP) is 9.43. The molecule has 0 aliphatic rings. The summed E-state index contributed by atoms with van der Waals surface area (Å²) in [7, 11) is 0. The van der Waals surface area contributed by atoms with Gasteiger partial charge in [-0.05, 0) is 66.9 Å². The normalized spacial score (nSPS) is 11.5. The maximum absolute atomic E-state index is 9.57. The molecule has 8 rings (SSSR count). The SMILES string of the molecule is Cc1cccc2c1c1ccccc1n2-c1cncc(-n2c3ccccc3c3c(C)cccc32)c1-c1ccc(C#N)cc1. The topological polar surface area (TPSA) is 46.5 Å². The third kappa shape index (κ3) is 3.38. The Labute approximate surface area is 243 Å². The number of hydrogen-bond acceptors (Lipinski definition) is 2. The summed E-state index contributed by atoms with van der Waals surface area (Å²) in [6.07, 6.45) is 3.95. The number of hydrogen-bond donors (Lipinski definition) is 0. The Morgan fingerprint density at radius 3 is 1.52 bits per heavy atom. The molecule has 3 heterocycles. The van der Waals surface area contributed by atoms with Crippen molar-refractivity contribution in [2.24, 2.45) is 0 Å². The van der Waals surface area contributed by atoms with Crippen LogP contribution in [0.15, 0.2) is 122 Å². The summed E-state index contributed by atoms with van der Waals surface area (Å²) in [4.78, 5) is 4.89. The monoisotopic (exact) mass is 538 g/mol. The van der Waals surface area contributed by atoms with Gasteiger partial charge in [0.05, 0.1) is 57.5 Å². The lowest BCUT2D eigenvalue weighted by atomic mass is 10.0. The van der Waals surface area contributed by atoms with Crippen LogP contribution in [0.5, 0.6) is 0 Å². The zero-order valence-electron chi connectivity index (χ0n) is 23.3. The van der Waals surface area contributed by atoms with E-state index >= 15 is 0 Å². The van der Waals surface area contributed by atoms with E-state index in [0.717, 1.165) is 44.6 Å². The number of aryl methyl sites for hydroxylation is 2. The number of benzene rings is 5. The molecule has 5 aromatic carbocycles. The van der Waals surface area contributed by atoms with Crippen LogP contribution in [0.4, 0.5) is 0 Å². The van der Waals surface area contributed by atoms with Crippen LogP contribution < -0.4 is 0 Å². The molecule has 42 heavy (non-hydrogen) atoms. The molecule has 0 N–H and O–H groups in total. The first kappa shape index (κ1) is 24.2. The minimum absolute atomic E-state index is 0.635. The molecule has 4 heteroatoms. The van der Waals surface area contributed by atoms with E-state index in [2.05, 4.69) is 126 Å². The van der Waals surface area contributed by atoms with Crippen molar-refractivity contribution < 1.29 is 0 Å². The molecular formula is C38H26N4. The fraction of sp³-hybridized carbons (Fsp3) is 0.0526. The molecule has 3 aromatic heterocycles. The van der Waals surface area contributed by atoms with Crippen LogP contribution in [0.3, 0.4) is 0 Å². The van der Waals surface area contributed by atoms with Crippen LogP contribution in [0.2, 0.25) is 0 Å². The lowest BCUT2D eigenvalue weighted by Gasteiger charge is -2.19. The Morgan fingerprint density at radius 1 is 0.548 bits per heavy atom. The van der Waals surface area contributed by atoms with E-state index < -0.39 is 0 Å². The Balaban J connectivity index is 1.57. The molecule has 198 valence electrons. The summed E-state index contributed by atoms with van der Waals surface area (Å²) in [6.45, 7) is 4.35. The van der Waals surface area contributed by atoms with Crippen molar-refractivity contribution in [3.8, 4) is 28.6 Å². The molecule has 0 aliphatic heterocycles. The smallest absolute Gasteiger partial charge is 0.0991 e. The van der Waals surface area contributed by atoms with Gasteiger partial charge in [-0.2, -0.15) is 5.26 Å². The van der Waals surface area contributed by atoms with Gasteiger partial charge >= 0.3 is 0 Å². The van der Waals surface area contributed by atoms with Crippen LogP contribution in [-0.2, 0) is 0 Å². The van der Waals surface area contributed by atoms with E-state index in [9.17, 15) is 5.26 Å². The minimum Gasteiger partial charge on any atom is -0.307 e. The predicted molar refractivity (Wildman–Crippen MR) is 173 cm³/mol. The zero-order valence-corrected chi connectivity index (χ0v) is 23.3. The van der Waals surface area contributed by atoms with E-state index in [4.69, 9.17) is 4.98 Å². The van der Waals surface area contributed by atoms with Crippen molar-refractivity contribution in [3.63, 3.8) is 0 Å². The summed E-state index contributed by atoms with van der Waals surface area (Å²) in [6, 6.07) is 40.4. The summed E-state index contributed by atoms with van der Waals surface area (Å²) in [5, 5.41) is 14.5. The average molecular weight is 539 g/mol. The Kier molecular flexibility index (Phi) is 5.29. The fourth-order valence-electron chi connectivity index (χ4n) is 6.70. The first-order valence-corrected chi connectivity index (χ1v) is 14.1. The summed E-state index contributed by atoms with van der Waals surface area (Å²) >= 11 is 0.